The van der Waals surface area contributed by atoms with Crippen LogP contribution < -0.4 is 10.1 Å². The average molecular weight is 388 g/mol. The van der Waals surface area contributed by atoms with Crippen molar-refractivity contribution in [1.29, 1.82) is 0 Å². The van der Waals surface area contributed by atoms with E-state index in [9.17, 15) is 0 Å². The summed E-state index contributed by atoms with van der Waals surface area (Å²) in [6.07, 6.45) is 2.08. The molecule has 0 radical (unpaired) electrons. The van der Waals surface area contributed by atoms with Crippen LogP contribution >= 0.6 is 0 Å². The summed E-state index contributed by atoms with van der Waals surface area (Å²) < 4.78 is 13.0. The first-order valence-electron chi connectivity index (χ1n) is 9.60. The Bertz CT molecular complexity index is 770. The maximum atomic E-state index is 5.78. The van der Waals surface area contributed by atoms with E-state index in [1.165, 1.54) is 5.56 Å². The molecule has 154 valence electrons. The molecule has 0 unspecified atom stereocenters. The number of hydrogen-bond acceptors (Lipinski definition) is 4. The fraction of sp³-hybridized carbons (Fsp3) is 0.524. The summed E-state index contributed by atoms with van der Waals surface area (Å²) in [5.41, 5.74) is 3.39. The molecule has 2 aromatic rings. The number of hydrogen-bond donors (Lipinski definition) is 1. The van der Waals surface area contributed by atoms with Crippen molar-refractivity contribution in [3.05, 3.63) is 47.3 Å². The van der Waals surface area contributed by atoms with Gasteiger partial charge in [-0.15, -0.1) is 0 Å². The molecule has 0 bridgehead atoms. The largest absolute Gasteiger partial charge is 0.496 e. The molecule has 7 heteroatoms. The number of ether oxygens (including phenoxy) is 2. The number of aliphatic imine (C=N–C) groups is 1. The van der Waals surface area contributed by atoms with Crippen LogP contribution in [0.5, 0.6) is 5.75 Å². The summed E-state index contributed by atoms with van der Waals surface area (Å²) in [6.45, 7) is 6.86. The van der Waals surface area contributed by atoms with Gasteiger partial charge in [0.15, 0.2) is 5.96 Å². The van der Waals surface area contributed by atoms with Crippen LogP contribution in [0.25, 0.3) is 0 Å². The minimum atomic E-state index is 0.392. The van der Waals surface area contributed by atoms with E-state index in [0.29, 0.717) is 25.7 Å². The molecule has 0 aliphatic rings. The third kappa shape index (κ3) is 5.99. The van der Waals surface area contributed by atoms with Gasteiger partial charge in [-0.25, -0.2) is 0 Å². The molecule has 0 aliphatic heterocycles. The van der Waals surface area contributed by atoms with Crippen LogP contribution in [-0.4, -0.2) is 55.0 Å². The van der Waals surface area contributed by atoms with E-state index < -0.39 is 0 Å². The van der Waals surface area contributed by atoms with Gasteiger partial charge in [-0.3, -0.25) is 9.67 Å². The quantitative estimate of drug-likeness (QED) is 0.407. The average Bonchev–Trinajstić information content (AvgIpc) is 3.05. The van der Waals surface area contributed by atoms with Gasteiger partial charge < -0.3 is 19.7 Å². The van der Waals surface area contributed by atoms with E-state index >= 15 is 0 Å². The van der Waals surface area contributed by atoms with Crippen molar-refractivity contribution in [2.24, 2.45) is 12.0 Å². The van der Waals surface area contributed by atoms with Gasteiger partial charge in [-0.1, -0.05) is 32.0 Å². The Morgan fingerprint density at radius 3 is 2.71 bits per heavy atom. The molecule has 7 nitrogen and oxygen atoms in total. The molecule has 0 aliphatic carbocycles. The smallest absolute Gasteiger partial charge is 0.193 e. The molecule has 28 heavy (non-hydrogen) atoms. The van der Waals surface area contributed by atoms with E-state index in [2.05, 4.69) is 40.4 Å². The number of guanidine groups is 1. The molecule has 1 aromatic carbocycles. The minimum Gasteiger partial charge on any atom is -0.496 e. The Morgan fingerprint density at radius 1 is 1.29 bits per heavy atom. The number of para-hydroxylation sites is 1. The topological polar surface area (TPSA) is 63.9 Å². The second kappa shape index (κ2) is 10.7. The van der Waals surface area contributed by atoms with Gasteiger partial charge in [0.1, 0.15) is 5.75 Å². The molecule has 0 spiro atoms. The summed E-state index contributed by atoms with van der Waals surface area (Å²) in [5.74, 6) is 2.07. The summed E-state index contributed by atoms with van der Waals surface area (Å²) in [4.78, 5) is 6.48. The lowest BCUT2D eigenvalue weighted by Crippen LogP contribution is -2.40. The zero-order chi connectivity index (χ0) is 20.5. The van der Waals surface area contributed by atoms with Gasteiger partial charge in [-0.2, -0.15) is 5.10 Å². The number of nitrogens with zero attached hydrogens (tertiary/aromatic N) is 4. The maximum absolute atomic E-state index is 5.78. The number of rotatable bonds is 9. The van der Waals surface area contributed by atoms with Crippen LogP contribution in [0.1, 0.15) is 36.6 Å². The van der Waals surface area contributed by atoms with Crippen LogP contribution in [0.15, 0.2) is 35.5 Å². The summed E-state index contributed by atoms with van der Waals surface area (Å²) in [7, 11) is 7.46. The molecular formula is C21H33N5O2. The van der Waals surface area contributed by atoms with Crippen molar-refractivity contribution in [3.8, 4) is 5.75 Å². The van der Waals surface area contributed by atoms with E-state index in [0.717, 1.165) is 29.5 Å². The summed E-state index contributed by atoms with van der Waals surface area (Å²) in [6, 6.07) is 7.90. The van der Waals surface area contributed by atoms with Crippen LogP contribution in [0.3, 0.4) is 0 Å². The lowest BCUT2D eigenvalue weighted by Gasteiger charge is -2.22. The Kier molecular flexibility index (Phi) is 8.32. The molecule has 0 fully saturated rings. The fourth-order valence-corrected chi connectivity index (χ4v) is 3.12. The molecule has 0 saturated carbocycles. The molecule has 1 heterocycles. The first kappa shape index (κ1) is 21.8. The van der Waals surface area contributed by atoms with Gasteiger partial charge in [0.2, 0.25) is 0 Å². The zero-order valence-electron chi connectivity index (χ0n) is 17.9. The van der Waals surface area contributed by atoms with Gasteiger partial charge in [0.25, 0.3) is 0 Å². The van der Waals surface area contributed by atoms with E-state index in [-0.39, 0.29) is 0 Å². The molecule has 2 rings (SSSR count). The molecule has 1 N–H and O–H groups in total. The van der Waals surface area contributed by atoms with Gasteiger partial charge >= 0.3 is 0 Å². The van der Waals surface area contributed by atoms with Crippen molar-refractivity contribution in [2.45, 2.75) is 32.9 Å². The van der Waals surface area contributed by atoms with Crippen molar-refractivity contribution >= 4 is 5.96 Å². The van der Waals surface area contributed by atoms with Gasteiger partial charge in [-0.05, 0) is 12.0 Å². The standard InChI is InChI=1S/C21H33N5O2/c1-16(2)20-18(14-26(5)24-20)13-25(4)21(22-3)23-11-12-28-15-17-9-7-8-10-19(17)27-6/h7-10,14,16H,11-13,15H2,1-6H3,(H,22,23). The number of aryl methyl sites for hydroxylation is 1. The second-order valence-corrected chi connectivity index (χ2v) is 7.06. The second-order valence-electron chi connectivity index (χ2n) is 7.06. The van der Waals surface area contributed by atoms with Gasteiger partial charge in [0, 0.05) is 51.6 Å². The lowest BCUT2D eigenvalue weighted by molar-refractivity contribution is 0.123. The molecular weight excluding hydrogens is 354 g/mol. The summed E-state index contributed by atoms with van der Waals surface area (Å²) in [5, 5.41) is 7.93. The first-order valence-corrected chi connectivity index (χ1v) is 9.60. The highest BCUT2D eigenvalue weighted by Gasteiger charge is 2.15. The minimum absolute atomic E-state index is 0.392. The molecule has 0 atom stereocenters. The molecule has 0 saturated heterocycles. The Morgan fingerprint density at radius 2 is 2.04 bits per heavy atom. The number of nitrogens with one attached hydrogen (secondary N) is 1. The van der Waals surface area contributed by atoms with Crippen molar-refractivity contribution < 1.29 is 9.47 Å². The normalized spacial score (nSPS) is 11.8. The molecule has 0 amide bonds. The van der Waals surface area contributed by atoms with Crippen molar-refractivity contribution in [1.82, 2.24) is 20.0 Å². The zero-order valence-corrected chi connectivity index (χ0v) is 17.9. The van der Waals surface area contributed by atoms with Crippen LogP contribution in [0.4, 0.5) is 0 Å². The third-order valence-electron chi connectivity index (χ3n) is 4.44. The summed E-state index contributed by atoms with van der Waals surface area (Å²) >= 11 is 0. The highest BCUT2D eigenvalue weighted by Crippen LogP contribution is 2.19. The molecule has 1 aromatic heterocycles. The first-order chi connectivity index (χ1) is 13.5. The number of benzene rings is 1. The lowest BCUT2D eigenvalue weighted by atomic mass is 10.1. The third-order valence-corrected chi connectivity index (χ3v) is 4.44. The Hall–Kier alpha value is -2.54. The van der Waals surface area contributed by atoms with Crippen molar-refractivity contribution in [3.63, 3.8) is 0 Å². The monoisotopic (exact) mass is 387 g/mol. The maximum Gasteiger partial charge on any atom is 0.193 e. The predicted octanol–water partition coefficient (Wildman–Crippen LogP) is 2.78. The van der Waals surface area contributed by atoms with Crippen molar-refractivity contribution in [2.75, 3.05) is 34.4 Å². The fourth-order valence-electron chi connectivity index (χ4n) is 3.12. The Labute approximate surface area is 168 Å². The van der Waals surface area contributed by atoms with E-state index in [1.807, 2.05) is 43.0 Å². The van der Waals surface area contributed by atoms with E-state index in [1.54, 1.807) is 14.2 Å². The predicted molar refractivity (Wildman–Crippen MR) is 113 cm³/mol. The Balaban J connectivity index is 1.81. The SMILES string of the molecule is CN=C(NCCOCc1ccccc1OC)N(C)Cc1cn(C)nc1C(C)C. The van der Waals surface area contributed by atoms with E-state index in [4.69, 9.17) is 9.47 Å². The van der Waals surface area contributed by atoms with Crippen LogP contribution in [0.2, 0.25) is 0 Å². The van der Waals surface area contributed by atoms with Crippen LogP contribution in [0, 0.1) is 0 Å². The van der Waals surface area contributed by atoms with Gasteiger partial charge in [0.05, 0.1) is 26.0 Å². The highest BCUT2D eigenvalue weighted by atomic mass is 16.5. The number of methoxy groups -OCH3 is 1. The highest BCUT2D eigenvalue weighted by molar-refractivity contribution is 5.79. The van der Waals surface area contributed by atoms with Crippen LogP contribution in [-0.2, 0) is 24.9 Å². The number of aromatic nitrogens is 2.